The highest BCUT2D eigenvalue weighted by Gasteiger charge is 2.04. The Kier molecular flexibility index (Phi) is 3.80. The fourth-order valence-electron chi connectivity index (χ4n) is 2.38. The average molecular weight is 277 g/mol. The Labute approximate surface area is 123 Å². The second kappa shape index (κ2) is 5.90. The molecule has 3 rings (SSSR count). The van der Waals surface area contributed by atoms with Crippen LogP contribution in [0.5, 0.6) is 0 Å². The zero-order valence-corrected chi connectivity index (χ0v) is 11.6. The molecule has 1 nitrogen and oxygen atoms in total. The van der Waals surface area contributed by atoms with Crippen molar-refractivity contribution in [2.75, 3.05) is 0 Å². The number of hydrogen-bond donors (Lipinski definition) is 1. The van der Waals surface area contributed by atoms with Crippen LogP contribution in [0.1, 0.15) is 5.56 Å². The third kappa shape index (κ3) is 2.86. The normalized spacial score (nSPS) is 10.6. The van der Waals surface area contributed by atoms with Crippen molar-refractivity contribution in [2.24, 2.45) is 5.73 Å². The SMILES string of the molecule is NCc1ccc(-c2ccc(-c3ccccc3)cc2)cc1F. The standard InChI is InChI=1S/C19H16FN/c20-19-12-17(10-11-18(19)13-21)16-8-6-15(7-9-16)14-4-2-1-3-5-14/h1-12H,13,21H2. The molecule has 0 saturated heterocycles. The fourth-order valence-corrected chi connectivity index (χ4v) is 2.38. The molecule has 2 N–H and O–H groups in total. The van der Waals surface area contributed by atoms with Gasteiger partial charge in [-0.25, -0.2) is 4.39 Å². The van der Waals surface area contributed by atoms with Gasteiger partial charge in [0.15, 0.2) is 0 Å². The molecular formula is C19H16FN. The molecule has 3 aromatic rings. The summed E-state index contributed by atoms with van der Waals surface area (Å²) < 4.78 is 13.8. The Balaban J connectivity index is 1.92. The van der Waals surface area contributed by atoms with E-state index in [0.29, 0.717) is 5.56 Å². The van der Waals surface area contributed by atoms with Crippen LogP contribution >= 0.6 is 0 Å². The van der Waals surface area contributed by atoms with Crippen molar-refractivity contribution < 1.29 is 4.39 Å². The van der Waals surface area contributed by atoms with E-state index in [9.17, 15) is 4.39 Å². The smallest absolute Gasteiger partial charge is 0.128 e. The highest BCUT2D eigenvalue weighted by Crippen LogP contribution is 2.26. The molecule has 3 aromatic carbocycles. The zero-order chi connectivity index (χ0) is 14.7. The van der Waals surface area contributed by atoms with E-state index in [4.69, 9.17) is 5.73 Å². The number of hydrogen-bond acceptors (Lipinski definition) is 1. The first-order chi connectivity index (χ1) is 10.3. The summed E-state index contributed by atoms with van der Waals surface area (Å²) in [5, 5.41) is 0. The van der Waals surface area contributed by atoms with E-state index in [0.717, 1.165) is 16.7 Å². The van der Waals surface area contributed by atoms with E-state index in [1.165, 1.54) is 5.56 Å². The molecule has 0 bridgehead atoms. The van der Waals surface area contributed by atoms with Gasteiger partial charge in [-0.1, -0.05) is 66.7 Å². The van der Waals surface area contributed by atoms with Crippen LogP contribution in [0.2, 0.25) is 0 Å². The van der Waals surface area contributed by atoms with Crippen LogP contribution in [-0.2, 0) is 6.54 Å². The Morgan fingerprint density at radius 1 is 0.667 bits per heavy atom. The molecule has 0 saturated carbocycles. The van der Waals surface area contributed by atoms with E-state index in [1.807, 2.05) is 36.4 Å². The Morgan fingerprint density at radius 3 is 1.76 bits per heavy atom. The summed E-state index contributed by atoms with van der Waals surface area (Å²) in [5.74, 6) is -0.248. The summed E-state index contributed by atoms with van der Waals surface area (Å²) in [7, 11) is 0. The average Bonchev–Trinajstić information content (AvgIpc) is 2.56. The lowest BCUT2D eigenvalue weighted by Gasteiger charge is -2.07. The Morgan fingerprint density at radius 2 is 1.19 bits per heavy atom. The van der Waals surface area contributed by atoms with Crippen LogP contribution in [-0.4, -0.2) is 0 Å². The van der Waals surface area contributed by atoms with Gasteiger partial charge in [-0.2, -0.15) is 0 Å². The monoisotopic (exact) mass is 277 g/mol. The number of benzene rings is 3. The van der Waals surface area contributed by atoms with E-state index in [2.05, 4.69) is 24.3 Å². The van der Waals surface area contributed by atoms with Crippen molar-refractivity contribution in [3.05, 3.63) is 84.2 Å². The highest BCUT2D eigenvalue weighted by molar-refractivity contribution is 5.70. The van der Waals surface area contributed by atoms with Gasteiger partial charge < -0.3 is 5.73 Å². The third-order valence-electron chi connectivity index (χ3n) is 3.60. The number of nitrogens with two attached hydrogens (primary N) is 1. The third-order valence-corrected chi connectivity index (χ3v) is 3.60. The predicted molar refractivity (Wildman–Crippen MR) is 85.2 cm³/mol. The molecule has 0 aliphatic heterocycles. The highest BCUT2D eigenvalue weighted by atomic mass is 19.1. The molecular weight excluding hydrogens is 261 g/mol. The number of halogens is 1. The van der Waals surface area contributed by atoms with Gasteiger partial charge in [-0.05, 0) is 28.3 Å². The molecule has 0 spiro atoms. The van der Waals surface area contributed by atoms with Crippen LogP contribution < -0.4 is 5.73 Å². The Hall–Kier alpha value is -2.45. The summed E-state index contributed by atoms with van der Waals surface area (Å²) in [4.78, 5) is 0. The van der Waals surface area contributed by atoms with Crippen LogP contribution in [0, 0.1) is 5.82 Å². The molecule has 0 aliphatic carbocycles. The quantitative estimate of drug-likeness (QED) is 0.742. The van der Waals surface area contributed by atoms with E-state index >= 15 is 0 Å². The lowest BCUT2D eigenvalue weighted by molar-refractivity contribution is 0.611. The van der Waals surface area contributed by atoms with Gasteiger partial charge in [0.25, 0.3) is 0 Å². The van der Waals surface area contributed by atoms with Gasteiger partial charge in [-0.3, -0.25) is 0 Å². The summed E-state index contributed by atoms with van der Waals surface area (Å²) in [6.45, 7) is 0.221. The molecule has 2 heteroatoms. The first-order valence-electron chi connectivity index (χ1n) is 6.92. The molecule has 0 atom stereocenters. The topological polar surface area (TPSA) is 26.0 Å². The van der Waals surface area contributed by atoms with Gasteiger partial charge in [0, 0.05) is 12.1 Å². The van der Waals surface area contributed by atoms with Crippen LogP contribution in [0.15, 0.2) is 72.8 Å². The van der Waals surface area contributed by atoms with E-state index in [-0.39, 0.29) is 12.4 Å². The number of rotatable bonds is 3. The maximum atomic E-state index is 13.8. The molecule has 0 amide bonds. The summed E-state index contributed by atoms with van der Waals surface area (Å²) in [6.07, 6.45) is 0. The second-order valence-electron chi connectivity index (χ2n) is 4.95. The Bertz CT molecular complexity index is 733. The maximum Gasteiger partial charge on any atom is 0.128 e. The van der Waals surface area contributed by atoms with Gasteiger partial charge in [0.05, 0.1) is 0 Å². The predicted octanol–water partition coefficient (Wildman–Crippen LogP) is 4.62. The summed E-state index contributed by atoms with van der Waals surface area (Å²) >= 11 is 0. The van der Waals surface area contributed by atoms with E-state index < -0.39 is 0 Å². The first kappa shape index (κ1) is 13.5. The van der Waals surface area contributed by atoms with Crippen molar-refractivity contribution >= 4 is 0 Å². The van der Waals surface area contributed by atoms with Crippen molar-refractivity contribution in [1.82, 2.24) is 0 Å². The maximum absolute atomic E-state index is 13.8. The lowest BCUT2D eigenvalue weighted by Crippen LogP contribution is -1.99. The fraction of sp³-hybridized carbons (Fsp3) is 0.0526. The largest absolute Gasteiger partial charge is 0.326 e. The van der Waals surface area contributed by atoms with Crippen molar-refractivity contribution in [3.8, 4) is 22.3 Å². The molecule has 0 aromatic heterocycles. The molecule has 0 unspecified atom stereocenters. The molecule has 104 valence electrons. The summed E-state index contributed by atoms with van der Waals surface area (Å²) in [6, 6.07) is 23.5. The summed E-state index contributed by atoms with van der Waals surface area (Å²) in [5.41, 5.74) is 10.2. The minimum Gasteiger partial charge on any atom is -0.326 e. The molecule has 0 aliphatic rings. The van der Waals surface area contributed by atoms with E-state index in [1.54, 1.807) is 12.1 Å². The first-order valence-corrected chi connectivity index (χ1v) is 6.92. The van der Waals surface area contributed by atoms with Gasteiger partial charge in [0.2, 0.25) is 0 Å². The molecule has 0 fully saturated rings. The van der Waals surface area contributed by atoms with Crippen LogP contribution in [0.25, 0.3) is 22.3 Å². The van der Waals surface area contributed by atoms with Crippen LogP contribution in [0.3, 0.4) is 0 Å². The van der Waals surface area contributed by atoms with Crippen molar-refractivity contribution in [2.45, 2.75) is 6.54 Å². The molecule has 0 radical (unpaired) electrons. The minimum atomic E-state index is -0.248. The van der Waals surface area contributed by atoms with Crippen molar-refractivity contribution in [3.63, 3.8) is 0 Å². The van der Waals surface area contributed by atoms with Gasteiger partial charge >= 0.3 is 0 Å². The minimum absolute atomic E-state index is 0.221. The lowest BCUT2D eigenvalue weighted by atomic mass is 9.99. The van der Waals surface area contributed by atoms with Crippen molar-refractivity contribution in [1.29, 1.82) is 0 Å². The molecule has 0 heterocycles. The van der Waals surface area contributed by atoms with Gasteiger partial charge in [-0.15, -0.1) is 0 Å². The molecule has 21 heavy (non-hydrogen) atoms. The second-order valence-corrected chi connectivity index (χ2v) is 4.95. The van der Waals surface area contributed by atoms with Crippen LogP contribution in [0.4, 0.5) is 4.39 Å². The zero-order valence-electron chi connectivity index (χ0n) is 11.6. The van der Waals surface area contributed by atoms with Gasteiger partial charge in [0.1, 0.15) is 5.82 Å².